The molecule has 2 saturated carbocycles. The second kappa shape index (κ2) is 55.8. The van der Waals surface area contributed by atoms with Crippen LogP contribution in [0.5, 0.6) is 0 Å². The number of likely N-dealkylation sites (tertiary alicyclic amines) is 5. The van der Waals surface area contributed by atoms with E-state index < -0.39 is 0 Å². The summed E-state index contributed by atoms with van der Waals surface area (Å²) in [5, 5.41) is 0. The smallest absolute Gasteiger partial charge is 0.0110 e. The van der Waals surface area contributed by atoms with E-state index >= 15 is 0 Å². The fourth-order valence-electron chi connectivity index (χ4n) is 14.2. The van der Waals surface area contributed by atoms with Gasteiger partial charge in [0.15, 0.2) is 0 Å². The molecule has 6 aliphatic heterocycles. The molecule has 0 amide bonds. The van der Waals surface area contributed by atoms with Gasteiger partial charge in [-0.15, -0.1) is 0 Å². The van der Waals surface area contributed by atoms with E-state index in [0.717, 1.165) is 65.1 Å². The van der Waals surface area contributed by atoms with Gasteiger partial charge >= 0.3 is 0 Å². The minimum absolute atomic E-state index is 0. The zero-order valence-electron chi connectivity index (χ0n) is 64.6. The van der Waals surface area contributed by atoms with Gasteiger partial charge < -0.3 is 34.3 Å². The predicted octanol–water partition coefficient (Wildman–Crippen LogP) is 21.8. The molecule has 8 aliphatic rings. The van der Waals surface area contributed by atoms with E-state index in [1.165, 1.54) is 317 Å². The molecule has 0 unspecified atom stereocenters. The Morgan fingerprint density at radius 1 is 0.270 bits per heavy atom. The highest BCUT2D eigenvalue weighted by Crippen LogP contribution is 2.43. The highest BCUT2D eigenvalue weighted by Gasteiger charge is 2.33. The van der Waals surface area contributed by atoms with Crippen LogP contribution < -0.4 is 0 Å². The Hall–Kier alpha value is -0.280. The second-order valence-corrected chi connectivity index (χ2v) is 34.1. The molecule has 7 nitrogen and oxygen atoms in total. The molecule has 536 valence electrons. The topological polar surface area (TPSA) is 22.7 Å². The first-order valence-corrected chi connectivity index (χ1v) is 39.8. The predicted molar refractivity (Wildman–Crippen MR) is 405 cm³/mol. The lowest BCUT2D eigenvalue weighted by Gasteiger charge is -2.40. The molecule has 0 aromatic rings. The minimum Gasteiger partial charge on any atom is -0.306 e. The highest BCUT2D eigenvalue weighted by molar-refractivity contribution is 4.83. The standard InChI is InChI=1S/C12H24.C10H22N2.4C10H21N.C10H20.C9H19N.CH4/c1-10(2)12(3,4)11-8-6-5-7-9-11;1-10(2)4-5-12-8-6-11(3)7-9-12;1-9(2)8-10-4-6-11(3)7-5-10;3*1-10(2)6-9-11-7-4-3-5-8-11;1-9(2)8-10-6-4-3-5-7-10;1-9(2)5-8-10-6-3-4-7-10;/h10-11H,5-9H2,1-4H3;10H,4-9H2,1-3H3;9-10H,4-8H2,1-3H3;3*10H,3-9H2,1-2H3;9-10H,3-8H2,1-2H3;9H,3-8H2,1-2H3;1H4. The molecule has 8 rings (SSSR count). The maximum atomic E-state index is 2.61. The van der Waals surface area contributed by atoms with Crippen LogP contribution >= 0.6 is 0 Å². The van der Waals surface area contributed by atoms with Crippen molar-refractivity contribution in [1.82, 2.24) is 34.3 Å². The van der Waals surface area contributed by atoms with E-state index in [-0.39, 0.29) is 7.43 Å². The summed E-state index contributed by atoms with van der Waals surface area (Å²) < 4.78 is 0. The minimum atomic E-state index is 0. The summed E-state index contributed by atoms with van der Waals surface area (Å²) in [5.74, 6) is 10.1. The van der Waals surface area contributed by atoms with Gasteiger partial charge in [-0.05, 0) is 305 Å². The third-order valence-corrected chi connectivity index (χ3v) is 21.6. The van der Waals surface area contributed by atoms with Gasteiger partial charge in [-0.25, -0.2) is 0 Å². The number of likely N-dealkylation sites (N-methyl/N-ethyl adjacent to an activating group) is 1. The SMILES string of the molecule is C.CC(C)C(C)(C)C1CCCCC1.CC(C)CC1CCCCC1.CC(C)CC1CCN(C)CC1.CC(C)CCN1CCCC1.CC(C)CCN1CCCCC1.CC(C)CCN1CCCCC1.CC(C)CCN1CCCCC1.CC(C)CCN1CCN(C)CC1. The van der Waals surface area contributed by atoms with Crippen molar-refractivity contribution in [3.05, 3.63) is 0 Å². The summed E-state index contributed by atoms with van der Waals surface area (Å²) in [7, 11) is 4.44. The lowest BCUT2D eigenvalue weighted by atomic mass is 9.65. The van der Waals surface area contributed by atoms with Gasteiger partial charge in [0.2, 0.25) is 0 Å². The van der Waals surface area contributed by atoms with Gasteiger partial charge in [0.25, 0.3) is 0 Å². The van der Waals surface area contributed by atoms with Crippen molar-refractivity contribution in [2.24, 2.45) is 70.5 Å². The van der Waals surface area contributed by atoms with E-state index in [2.05, 4.69) is 173 Å². The van der Waals surface area contributed by atoms with Gasteiger partial charge in [-0.2, -0.15) is 0 Å². The lowest BCUT2D eigenvalue weighted by molar-refractivity contribution is 0.102. The first-order chi connectivity index (χ1) is 41.9. The summed E-state index contributed by atoms with van der Waals surface area (Å²) in [4.78, 5) is 17.9. The third kappa shape index (κ3) is 51.6. The fraction of sp³-hybridized carbons (Fsp3) is 1.00. The normalized spacial score (nSPS) is 21.3. The van der Waals surface area contributed by atoms with Crippen molar-refractivity contribution in [2.45, 2.75) is 325 Å². The number of piperidine rings is 4. The lowest BCUT2D eigenvalue weighted by Crippen LogP contribution is -2.44. The zero-order valence-corrected chi connectivity index (χ0v) is 64.6. The van der Waals surface area contributed by atoms with E-state index in [0.29, 0.717) is 5.41 Å². The van der Waals surface area contributed by atoms with Crippen LogP contribution in [0.1, 0.15) is 325 Å². The van der Waals surface area contributed by atoms with Crippen molar-refractivity contribution in [1.29, 1.82) is 0 Å². The van der Waals surface area contributed by atoms with E-state index in [1.807, 2.05) is 0 Å². The molecule has 2 aliphatic carbocycles. The molecule has 0 aromatic heterocycles. The zero-order chi connectivity index (χ0) is 65.5. The van der Waals surface area contributed by atoms with Crippen LogP contribution in [-0.2, 0) is 0 Å². The second-order valence-electron chi connectivity index (χ2n) is 34.1. The Labute approximate surface area is 565 Å². The maximum Gasteiger partial charge on any atom is 0.0110 e. The molecule has 89 heavy (non-hydrogen) atoms. The van der Waals surface area contributed by atoms with E-state index in [1.54, 1.807) is 0 Å². The summed E-state index contributed by atoms with van der Waals surface area (Å²) in [6.07, 6.45) is 43.3. The summed E-state index contributed by atoms with van der Waals surface area (Å²) >= 11 is 0. The molecule has 0 spiro atoms. The average Bonchev–Trinajstić information content (AvgIpc) is 4.21. The highest BCUT2D eigenvalue weighted by atomic mass is 15.2. The first kappa shape index (κ1) is 88.7. The van der Waals surface area contributed by atoms with Crippen molar-refractivity contribution in [3.63, 3.8) is 0 Å². The Balaban J connectivity index is 0.000000993. The maximum absolute atomic E-state index is 2.61. The van der Waals surface area contributed by atoms with Crippen LogP contribution in [0.25, 0.3) is 0 Å². The van der Waals surface area contributed by atoms with Crippen LogP contribution in [-0.4, -0.2) is 173 Å². The van der Waals surface area contributed by atoms with Gasteiger partial charge in [-0.3, -0.25) is 0 Å². The molecular weight excluding hydrogens is 1080 g/mol. The third-order valence-electron chi connectivity index (χ3n) is 21.6. The number of nitrogens with zero attached hydrogens (tertiary/aromatic N) is 7. The van der Waals surface area contributed by atoms with Crippen LogP contribution in [0.3, 0.4) is 0 Å². The fourth-order valence-corrected chi connectivity index (χ4v) is 14.2. The largest absolute Gasteiger partial charge is 0.306 e. The Bertz CT molecular complexity index is 1380. The van der Waals surface area contributed by atoms with Gasteiger partial charge in [0.05, 0.1) is 0 Å². The number of hydrogen-bond donors (Lipinski definition) is 0. The number of hydrogen-bond acceptors (Lipinski definition) is 7. The molecular formula is C82H173N7. The van der Waals surface area contributed by atoms with Crippen LogP contribution in [0, 0.1) is 70.5 Å². The summed E-state index contributed by atoms with van der Waals surface area (Å²) in [6.45, 7) is 67.2. The van der Waals surface area contributed by atoms with Crippen LogP contribution in [0.4, 0.5) is 0 Å². The molecule has 6 saturated heterocycles. The monoisotopic (exact) mass is 1260 g/mol. The van der Waals surface area contributed by atoms with Gasteiger partial charge in [0, 0.05) is 26.2 Å². The number of rotatable bonds is 21. The molecule has 7 heteroatoms. The van der Waals surface area contributed by atoms with E-state index in [4.69, 9.17) is 0 Å². The van der Waals surface area contributed by atoms with Crippen molar-refractivity contribution in [3.8, 4) is 0 Å². The molecule has 0 aromatic carbocycles. The van der Waals surface area contributed by atoms with Crippen molar-refractivity contribution >= 4 is 0 Å². The molecule has 0 atom stereocenters. The van der Waals surface area contributed by atoms with Crippen molar-refractivity contribution < 1.29 is 0 Å². The molecule has 0 N–H and O–H groups in total. The Kier molecular flexibility index (Phi) is 55.6. The summed E-state index contributed by atoms with van der Waals surface area (Å²) in [6, 6.07) is 0. The first-order valence-electron chi connectivity index (χ1n) is 39.8. The van der Waals surface area contributed by atoms with Crippen molar-refractivity contribution in [2.75, 3.05) is 138 Å². The average molecular weight is 1260 g/mol. The number of piperazine rings is 1. The Morgan fingerprint density at radius 3 is 0.775 bits per heavy atom. The van der Waals surface area contributed by atoms with E-state index in [9.17, 15) is 0 Å². The Morgan fingerprint density at radius 2 is 0.506 bits per heavy atom. The van der Waals surface area contributed by atoms with Gasteiger partial charge in [0.1, 0.15) is 0 Å². The van der Waals surface area contributed by atoms with Crippen LogP contribution in [0.15, 0.2) is 0 Å². The molecule has 0 radical (unpaired) electrons. The van der Waals surface area contributed by atoms with Gasteiger partial charge in [-0.1, -0.05) is 203 Å². The van der Waals surface area contributed by atoms with Crippen LogP contribution in [0.2, 0.25) is 0 Å². The summed E-state index contributed by atoms with van der Waals surface area (Å²) in [5.41, 5.74) is 0.570. The molecule has 0 bridgehead atoms. The quantitative estimate of drug-likeness (QED) is 0.113. The molecule has 8 fully saturated rings. The molecule has 6 heterocycles.